The van der Waals surface area contributed by atoms with Gasteiger partial charge in [-0.1, -0.05) is 0 Å². The third kappa shape index (κ3) is 4.45. The van der Waals surface area contributed by atoms with Crippen molar-refractivity contribution in [2.75, 3.05) is 18.9 Å². The number of nitro groups is 1. The molecule has 2 N–H and O–H groups in total. The smallest absolute Gasteiger partial charge is 0.338 e. The summed E-state index contributed by atoms with van der Waals surface area (Å²) in [5.74, 6) is -1.16. The van der Waals surface area contributed by atoms with E-state index in [4.69, 9.17) is 15.2 Å². The molecule has 1 atom stereocenters. The molecule has 1 aromatic carbocycles. The highest BCUT2D eigenvalue weighted by atomic mass is 16.6. The number of Topliss-reactive ketones (excluding diaryl/α,β-unsaturated/α-hetero) is 1. The Morgan fingerprint density at radius 2 is 2.10 bits per heavy atom. The number of nitro benzene ring substituents is 1. The molecule has 9 heteroatoms. The monoisotopic (exact) mass is 401 g/mol. The van der Waals surface area contributed by atoms with Crippen LogP contribution in [0.4, 0.5) is 11.4 Å². The maximum absolute atomic E-state index is 12.6. The molecule has 0 bridgehead atoms. The van der Waals surface area contributed by atoms with Crippen molar-refractivity contribution >= 4 is 23.1 Å². The van der Waals surface area contributed by atoms with Gasteiger partial charge in [0.15, 0.2) is 6.61 Å². The maximum atomic E-state index is 12.6. The van der Waals surface area contributed by atoms with Crippen molar-refractivity contribution in [2.45, 2.75) is 39.3 Å². The molecule has 1 saturated heterocycles. The van der Waals surface area contributed by atoms with Crippen molar-refractivity contribution in [1.82, 2.24) is 4.57 Å². The van der Waals surface area contributed by atoms with Gasteiger partial charge in [-0.25, -0.2) is 4.79 Å². The number of hydrogen-bond donors (Lipinski definition) is 1. The number of aromatic nitrogens is 1. The Morgan fingerprint density at radius 3 is 2.76 bits per heavy atom. The molecule has 9 nitrogen and oxygen atoms in total. The SMILES string of the molecule is Cc1cc(C(=O)COC(=O)c2ccc(N)c([N+](=O)[O-])c2)c(C)n1CC1CCCO1. The molecule has 1 aromatic heterocycles. The summed E-state index contributed by atoms with van der Waals surface area (Å²) >= 11 is 0. The number of carbonyl (C=O) groups is 2. The molecule has 2 aromatic rings. The molecule has 1 unspecified atom stereocenters. The van der Waals surface area contributed by atoms with Crippen LogP contribution in [0.25, 0.3) is 0 Å². The van der Waals surface area contributed by atoms with E-state index >= 15 is 0 Å². The fourth-order valence-electron chi connectivity index (χ4n) is 3.48. The topological polar surface area (TPSA) is 127 Å². The minimum Gasteiger partial charge on any atom is -0.454 e. The summed E-state index contributed by atoms with van der Waals surface area (Å²) in [6.07, 6.45) is 2.17. The zero-order chi connectivity index (χ0) is 21.1. The first-order valence-electron chi connectivity index (χ1n) is 9.30. The van der Waals surface area contributed by atoms with Gasteiger partial charge in [-0.15, -0.1) is 0 Å². The number of aryl methyl sites for hydroxylation is 1. The fourth-order valence-corrected chi connectivity index (χ4v) is 3.48. The van der Waals surface area contributed by atoms with Crippen molar-refractivity contribution in [3.05, 3.63) is 56.9 Å². The number of carbonyl (C=O) groups excluding carboxylic acids is 2. The van der Waals surface area contributed by atoms with Gasteiger partial charge in [0, 0.05) is 36.2 Å². The zero-order valence-electron chi connectivity index (χ0n) is 16.3. The maximum Gasteiger partial charge on any atom is 0.338 e. The van der Waals surface area contributed by atoms with E-state index in [-0.39, 0.29) is 28.8 Å². The van der Waals surface area contributed by atoms with Gasteiger partial charge in [0.1, 0.15) is 5.69 Å². The van der Waals surface area contributed by atoms with E-state index in [9.17, 15) is 19.7 Å². The number of nitrogens with zero attached hydrogens (tertiary/aromatic N) is 2. The predicted octanol–water partition coefficient (Wildman–Crippen LogP) is 2.81. The second kappa shape index (κ2) is 8.44. The van der Waals surface area contributed by atoms with Crippen LogP contribution < -0.4 is 5.73 Å². The number of hydrogen-bond acceptors (Lipinski definition) is 7. The van der Waals surface area contributed by atoms with Gasteiger partial charge in [0.25, 0.3) is 5.69 Å². The van der Waals surface area contributed by atoms with E-state index in [0.29, 0.717) is 12.1 Å². The lowest BCUT2D eigenvalue weighted by Crippen LogP contribution is -2.18. The van der Waals surface area contributed by atoms with E-state index in [0.717, 1.165) is 36.9 Å². The average Bonchev–Trinajstić information content (AvgIpc) is 3.29. The predicted molar refractivity (Wildman–Crippen MR) is 105 cm³/mol. The number of anilines is 1. The van der Waals surface area contributed by atoms with E-state index in [2.05, 4.69) is 0 Å². The average molecular weight is 401 g/mol. The van der Waals surface area contributed by atoms with E-state index < -0.39 is 17.5 Å². The Labute approximate surface area is 167 Å². The molecule has 154 valence electrons. The first-order chi connectivity index (χ1) is 13.8. The molecule has 0 aliphatic carbocycles. The summed E-state index contributed by atoms with van der Waals surface area (Å²) in [5, 5.41) is 11.0. The molecule has 0 saturated carbocycles. The zero-order valence-corrected chi connectivity index (χ0v) is 16.3. The summed E-state index contributed by atoms with van der Waals surface area (Å²) in [6.45, 7) is 4.74. The van der Waals surface area contributed by atoms with Gasteiger partial charge in [-0.2, -0.15) is 0 Å². The Hall–Kier alpha value is -3.20. The lowest BCUT2D eigenvalue weighted by atomic mass is 10.1. The first kappa shape index (κ1) is 20.5. The fraction of sp³-hybridized carbons (Fsp3) is 0.400. The number of rotatable bonds is 7. The Balaban J connectivity index is 1.67. The van der Waals surface area contributed by atoms with Gasteiger partial charge < -0.3 is 19.8 Å². The molecule has 1 fully saturated rings. The van der Waals surface area contributed by atoms with Crippen LogP contribution in [0.5, 0.6) is 0 Å². The van der Waals surface area contributed by atoms with Crippen LogP contribution in [0, 0.1) is 24.0 Å². The summed E-state index contributed by atoms with van der Waals surface area (Å²) in [7, 11) is 0. The van der Waals surface area contributed by atoms with Crippen LogP contribution in [0.2, 0.25) is 0 Å². The lowest BCUT2D eigenvalue weighted by Gasteiger charge is -2.14. The van der Waals surface area contributed by atoms with Crippen LogP contribution in [-0.4, -0.2) is 40.6 Å². The highest BCUT2D eigenvalue weighted by Gasteiger charge is 2.22. The number of nitrogens with two attached hydrogens (primary N) is 1. The van der Waals surface area contributed by atoms with Crippen LogP contribution >= 0.6 is 0 Å². The minimum absolute atomic E-state index is 0.0393. The second-order valence-electron chi connectivity index (χ2n) is 7.06. The molecule has 29 heavy (non-hydrogen) atoms. The van der Waals surface area contributed by atoms with Crippen LogP contribution in [0.1, 0.15) is 44.9 Å². The molecule has 0 spiro atoms. The summed E-state index contributed by atoms with van der Waals surface area (Å²) < 4.78 is 12.8. The van der Waals surface area contributed by atoms with Crippen LogP contribution in [0.3, 0.4) is 0 Å². The van der Waals surface area contributed by atoms with E-state index in [1.165, 1.54) is 12.1 Å². The third-order valence-electron chi connectivity index (χ3n) is 5.08. The molecule has 2 heterocycles. The Kier molecular flexibility index (Phi) is 5.97. The van der Waals surface area contributed by atoms with E-state index in [1.807, 2.05) is 18.4 Å². The van der Waals surface area contributed by atoms with Gasteiger partial charge in [-0.3, -0.25) is 14.9 Å². The summed E-state index contributed by atoms with van der Waals surface area (Å²) in [5.41, 5.74) is 7.25. The quantitative estimate of drug-likeness (QED) is 0.248. The van der Waals surface area contributed by atoms with Gasteiger partial charge in [-0.05, 0) is 44.9 Å². The number of esters is 1. The lowest BCUT2D eigenvalue weighted by molar-refractivity contribution is -0.383. The van der Waals surface area contributed by atoms with E-state index in [1.54, 1.807) is 6.07 Å². The molecule has 1 aliphatic rings. The molecule has 0 radical (unpaired) electrons. The Bertz CT molecular complexity index is 959. The first-order valence-corrected chi connectivity index (χ1v) is 9.30. The molecule has 1 aliphatic heterocycles. The standard InChI is InChI=1S/C20H23N3O6/c1-12-8-16(13(2)22(12)10-15-4-3-7-28-15)19(24)11-29-20(25)14-5-6-17(21)18(9-14)23(26)27/h5-6,8-9,15H,3-4,7,10-11,21H2,1-2H3. The highest BCUT2D eigenvalue weighted by Crippen LogP contribution is 2.23. The summed E-state index contributed by atoms with van der Waals surface area (Å²) in [6, 6.07) is 5.39. The van der Waals surface area contributed by atoms with Crippen molar-refractivity contribution in [3.63, 3.8) is 0 Å². The molecule has 0 amide bonds. The number of ketones is 1. The minimum atomic E-state index is -0.824. The largest absolute Gasteiger partial charge is 0.454 e. The third-order valence-corrected chi connectivity index (χ3v) is 5.08. The number of nitrogen functional groups attached to an aromatic ring is 1. The molecular weight excluding hydrogens is 378 g/mol. The van der Waals surface area contributed by atoms with Crippen molar-refractivity contribution in [2.24, 2.45) is 0 Å². The van der Waals surface area contributed by atoms with Gasteiger partial charge in [0.05, 0.1) is 16.6 Å². The molecular formula is C20H23N3O6. The summed E-state index contributed by atoms with van der Waals surface area (Å²) in [4.78, 5) is 35.0. The van der Waals surface area contributed by atoms with Gasteiger partial charge >= 0.3 is 5.97 Å². The normalized spacial score (nSPS) is 16.0. The second-order valence-corrected chi connectivity index (χ2v) is 7.06. The van der Waals surface area contributed by atoms with Crippen LogP contribution in [0.15, 0.2) is 24.3 Å². The number of benzene rings is 1. The number of ether oxygens (including phenoxy) is 2. The van der Waals surface area contributed by atoms with Crippen molar-refractivity contribution in [3.8, 4) is 0 Å². The Morgan fingerprint density at radius 1 is 1.34 bits per heavy atom. The van der Waals surface area contributed by atoms with Gasteiger partial charge in [0.2, 0.25) is 5.78 Å². The van der Waals surface area contributed by atoms with Crippen molar-refractivity contribution < 1.29 is 24.0 Å². The van der Waals surface area contributed by atoms with Crippen LogP contribution in [-0.2, 0) is 16.0 Å². The molecule has 3 rings (SSSR count). The van der Waals surface area contributed by atoms with Crippen molar-refractivity contribution in [1.29, 1.82) is 0 Å². The highest BCUT2D eigenvalue weighted by molar-refractivity contribution is 6.00.